The van der Waals surface area contributed by atoms with Gasteiger partial charge in [0.25, 0.3) is 0 Å². The molecule has 92 valence electrons. The molecular formula is C10H15KO5S. The summed E-state index contributed by atoms with van der Waals surface area (Å²) >= 11 is 1.75. The molecule has 7 heteroatoms. The van der Waals surface area contributed by atoms with E-state index in [0.717, 1.165) is 6.07 Å². The number of carboxylic acids is 2. The Balaban J connectivity index is -0.000000356. The van der Waals surface area contributed by atoms with Crippen molar-refractivity contribution in [2.75, 3.05) is 12.5 Å². The summed E-state index contributed by atoms with van der Waals surface area (Å²) in [5.41, 5.74) is -0.0372. The van der Waals surface area contributed by atoms with Crippen molar-refractivity contribution >= 4 is 75.1 Å². The van der Waals surface area contributed by atoms with Gasteiger partial charge in [0.2, 0.25) is 0 Å². The number of thioether (sulfide) groups is 1. The molecule has 0 heterocycles. The Labute approximate surface area is 146 Å². The first-order valence-corrected chi connectivity index (χ1v) is 5.63. The zero-order valence-corrected chi connectivity index (χ0v) is 9.75. The zero-order chi connectivity index (χ0) is 11.8. The Morgan fingerprint density at radius 3 is 1.59 bits per heavy atom. The van der Waals surface area contributed by atoms with E-state index < -0.39 is 11.9 Å². The van der Waals surface area contributed by atoms with Gasteiger partial charge in [0.15, 0.2) is 0 Å². The first kappa shape index (κ1) is 22.3. The fraction of sp³-hybridized carbons (Fsp3) is 0.200. The quantitative estimate of drug-likeness (QED) is 0.774. The van der Waals surface area contributed by atoms with E-state index in [-0.39, 0.29) is 68.0 Å². The van der Waals surface area contributed by atoms with Gasteiger partial charge >= 0.3 is 63.3 Å². The van der Waals surface area contributed by atoms with Crippen LogP contribution in [0.3, 0.4) is 0 Å². The third kappa shape index (κ3) is 9.78. The molecule has 0 radical (unpaired) electrons. The summed E-state index contributed by atoms with van der Waals surface area (Å²) in [6.45, 7) is 0. The summed E-state index contributed by atoms with van der Waals surface area (Å²) in [5, 5.41) is 17.0. The molecule has 0 saturated carbocycles. The Kier molecular flexibility index (Phi) is 16.5. The third-order valence-corrected chi connectivity index (χ3v) is 1.36. The Bertz CT molecular complexity index is 327. The number of hydrogen-bond acceptors (Lipinski definition) is 3. The second kappa shape index (κ2) is 12.6. The van der Waals surface area contributed by atoms with Gasteiger partial charge in [-0.25, -0.2) is 9.59 Å². The van der Waals surface area contributed by atoms with Gasteiger partial charge in [-0.15, -0.1) is 0 Å². The number of carboxylic acid groups (broad SMARTS) is 2. The van der Waals surface area contributed by atoms with Crippen molar-refractivity contribution < 1.29 is 25.3 Å². The molecule has 0 amide bonds. The second-order valence-corrected chi connectivity index (χ2v) is 3.42. The molecule has 0 aromatic heterocycles. The third-order valence-electron chi connectivity index (χ3n) is 1.36. The van der Waals surface area contributed by atoms with Crippen LogP contribution >= 0.6 is 11.8 Å². The van der Waals surface area contributed by atoms with Crippen LogP contribution in [0.1, 0.15) is 20.7 Å². The fourth-order valence-electron chi connectivity index (χ4n) is 0.785. The van der Waals surface area contributed by atoms with Crippen LogP contribution < -0.4 is 0 Å². The van der Waals surface area contributed by atoms with E-state index in [4.69, 9.17) is 10.2 Å². The van der Waals surface area contributed by atoms with Crippen LogP contribution in [0.4, 0.5) is 0 Å². The van der Waals surface area contributed by atoms with E-state index in [1.807, 2.05) is 12.5 Å². The normalized spacial score (nSPS) is 7.65. The number of aromatic carboxylic acids is 2. The summed E-state index contributed by atoms with van der Waals surface area (Å²) in [7, 11) is 0. The molecule has 17 heavy (non-hydrogen) atoms. The Hall–Kier alpha value is 0.106. The molecule has 1 aromatic carbocycles. The van der Waals surface area contributed by atoms with Crippen molar-refractivity contribution in [3.8, 4) is 0 Å². The van der Waals surface area contributed by atoms with Crippen LogP contribution in [0.25, 0.3) is 0 Å². The monoisotopic (exact) mass is 286 g/mol. The summed E-state index contributed by atoms with van der Waals surface area (Å²) in [4.78, 5) is 20.8. The number of benzene rings is 1. The van der Waals surface area contributed by atoms with Gasteiger partial charge in [-0.05, 0) is 30.7 Å². The van der Waals surface area contributed by atoms with Gasteiger partial charge in [0, 0.05) is 0 Å². The maximum absolute atomic E-state index is 10.4. The molecule has 0 atom stereocenters. The van der Waals surface area contributed by atoms with Gasteiger partial charge in [-0.2, -0.15) is 11.8 Å². The molecule has 0 unspecified atom stereocenters. The molecule has 5 nitrogen and oxygen atoms in total. The summed E-state index contributed by atoms with van der Waals surface area (Å²) in [6, 6.07) is 5.20. The maximum atomic E-state index is 10.4. The van der Waals surface area contributed by atoms with Crippen molar-refractivity contribution in [1.82, 2.24) is 0 Å². The first-order chi connectivity index (χ1) is 7.02. The molecule has 0 spiro atoms. The molecule has 1 aromatic rings. The van der Waals surface area contributed by atoms with Crippen molar-refractivity contribution in [2.24, 2.45) is 0 Å². The van der Waals surface area contributed by atoms with E-state index in [1.54, 1.807) is 11.8 Å². The topological polar surface area (TPSA) is 106 Å². The fourth-order valence-corrected chi connectivity index (χ4v) is 0.785. The number of rotatable bonds is 2. The van der Waals surface area contributed by atoms with Gasteiger partial charge < -0.3 is 15.7 Å². The van der Waals surface area contributed by atoms with Crippen molar-refractivity contribution in [3.05, 3.63) is 35.4 Å². The molecule has 0 aliphatic carbocycles. The van der Waals surface area contributed by atoms with E-state index >= 15 is 0 Å². The second-order valence-electron chi connectivity index (χ2n) is 2.60. The van der Waals surface area contributed by atoms with Crippen molar-refractivity contribution in [3.63, 3.8) is 0 Å². The SMILES string of the molecule is CSC.O.O=C(O)c1cccc(C(=O)O)c1.[KH]. The van der Waals surface area contributed by atoms with Crippen LogP contribution in [0.5, 0.6) is 0 Å². The summed E-state index contributed by atoms with van der Waals surface area (Å²) < 4.78 is 0. The van der Waals surface area contributed by atoms with E-state index in [0.29, 0.717) is 0 Å². The molecule has 4 N–H and O–H groups in total. The average Bonchev–Trinajstić information content (AvgIpc) is 2.19. The minimum atomic E-state index is -1.13. The van der Waals surface area contributed by atoms with Gasteiger partial charge in [-0.3, -0.25) is 0 Å². The molecule has 0 aliphatic rings. The van der Waals surface area contributed by atoms with E-state index in [9.17, 15) is 9.59 Å². The average molecular weight is 286 g/mol. The van der Waals surface area contributed by atoms with Crippen LogP contribution in [0.2, 0.25) is 0 Å². The van der Waals surface area contributed by atoms with Crippen LogP contribution in [-0.4, -0.2) is 91.5 Å². The molecule has 1 rings (SSSR count). The van der Waals surface area contributed by atoms with E-state index in [2.05, 4.69) is 0 Å². The minimum absolute atomic E-state index is 0. The van der Waals surface area contributed by atoms with Gasteiger partial charge in [-0.1, -0.05) is 6.07 Å². The summed E-state index contributed by atoms with van der Waals surface area (Å²) in [6.07, 6.45) is 4.08. The van der Waals surface area contributed by atoms with Crippen LogP contribution in [-0.2, 0) is 0 Å². The molecule has 0 bridgehead atoms. The van der Waals surface area contributed by atoms with Gasteiger partial charge in [0.1, 0.15) is 0 Å². The van der Waals surface area contributed by atoms with E-state index in [1.165, 1.54) is 18.2 Å². The molecule has 0 aliphatic heterocycles. The van der Waals surface area contributed by atoms with Crippen molar-refractivity contribution in [1.29, 1.82) is 0 Å². The number of hydrogen-bond donors (Lipinski definition) is 2. The predicted octanol–water partition coefficient (Wildman–Crippen LogP) is 0.589. The molecular weight excluding hydrogens is 271 g/mol. The predicted molar refractivity (Wildman–Crippen MR) is 70.6 cm³/mol. The Morgan fingerprint density at radius 1 is 1.06 bits per heavy atom. The summed E-state index contributed by atoms with van der Waals surface area (Å²) in [5.74, 6) is -2.25. The number of carbonyl (C=O) groups is 2. The first-order valence-electron chi connectivity index (χ1n) is 3.99. The standard InChI is InChI=1S/C8H6O4.C2H6S.K.H2O.H/c9-7(10)5-2-1-3-6(4-5)8(11)12;1-3-2;;;/h1-4H,(H,9,10)(H,11,12);1-2H3;;1H2;. The van der Waals surface area contributed by atoms with Crippen LogP contribution in [0, 0.1) is 0 Å². The van der Waals surface area contributed by atoms with Gasteiger partial charge in [0.05, 0.1) is 11.1 Å². The molecule has 0 fully saturated rings. The zero-order valence-electron chi connectivity index (χ0n) is 8.93. The van der Waals surface area contributed by atoms with Crippen LogP contribution in [0.15, 0.2) is 24.3 Å². The molecule has 0 saturated heterocycles. The Morgan fingerprint density at radius 2 is 1.35 bits per heavy atom. The van der Waals surface area contributed by atoms with Crippen molar-refractivity contribution in [2.45, 2.75) is 0 Å².